The van der Waals surface area contributed by atoms with Crippen LogP contribution in [-0.4, -0.2) is 68.5 Å². The Morgan fingerprint density at radius 1 is 0.515 bits per heavy atom. The van der Waals surface area contributed by atoms with Gasteiger partial charge in [0.1, 0.15) is 13.2 Å². The summed E-state index contributed by atoms with van der Waals surface area (Å²) in [6.07, 6.45) is 68.3. The number of phosphoric ester groups is 1. The van der Waals surface area contributed by atoms with Gasteiger partial charge in [0.2, 0.25) is 5.91 Å². The topological polar surface area (TPSA) is 108 Å². The van der Waals surface area contributed by atoms with Crippen LogP contribution in [0, 0.1) is 0 Å². The first-order valence-corrected chi connectivity index (χ1v) is 29.8. The Labute approximate surface area is 421 Å². The van der Waals surface area contributed by atoms with Crippen LogP contribution in [0.25, 0.3) is 0 Å². The highest BCUT2D eigenvalue weighted by atomic mass is 31.2. The zero-order valence-corrected chi connectivity index (χ0v) is 45.9. The number of nitrogens with zero attached hydrogens (tertiary/aromatic N) is 1. The van der Waals surface area contributed by atoms with Crippen molar-refractivity contribution >= 4 is 13.7 Å². The first-order chi connectivity index (χ1) is 33.0. The summed E-state index contributed by atoms with van der Waals surface area (Å²) >= 11 is 0. The van der Waals surface area contributed by atoms with E-state index in [1.54, 1.807) is 6.08 Å². The van der Waals surface area contributed by atoms with Crippen LogP contribution in [0.5, 0.6) is 0 Å². The van der Waals surface area contributed by atoms with Crippen molar-refractivity contribution in [3.8, 4) is 0 Å². The third-order valence-electron chi connectivity index (χ3n) is 12.4. The summed E-state index contributed by atoms with van der Waals surface area (Å²) in [5.41, 5.74) is 0. The Morgan fingerprint density at radius 2 is 0.868 bits per heavy atom. The quantitative estimate of drug-likeness (QED) is 0.0272. The highest BCUT2D eigenvalue weighted by Crippen LogP contribution is 2.38. The summed E-state index contributed by atoms with van der Waals surface area (Å²) in [5.74, 6) is -0.219. The van der Waals surface area contributed by atoms with Gasteiger partial charge in [0.15, 0.2) is 0 Å². The van der Waals surface area contributed by atoms with Crippen LogP contribution in [-0.2, 0) is 18.4 Å². The highest BCUT2D eigenvalue weighted by molar-refractivity contribution is 7.45. The van der Waals surface area contributed by atoms with E-state index in [4.69, 9.17) is 9.05 Å². The maximum atomic E-state index is 13.0. The van der Waals surface area contributed by atoms with Gasteiger partial charge in [-0.25, -0.2) is 0 Å². The molecule has 0 fully saturated rings. The molecule has 0 aliphatic rings. The van der Waals surface area contributed by atoms with Gasteiger partial charge < -0.3 is 28.8 Å². The van der Waals surface area contributed by atoms with Gasteiger partial charge in [-0.3, -0.25) is 9.36 Å². The van der Waals surface area contributed by atoms with Crippen LogP contribution < -0.4 is 10.2 Å². The van der Waals surface area contributed by atoms with E-state index in [-0.39, 0.29) is 12.5 Å². The number of likely N-dealkylation sites (N-methyl/N-ethyl adjacent to an activating group) is 1. The maximum Gasteiger partial charge on any atom is 0.268 e. The summed E-state index contributed by atoms with van der Waals surface area (Å²) < 4.78 is 23.3. The second-order valence-corrected chi connectivity index (χ2v) is 21.7. The Bertz CT molecular complexity index is 1330. The zero-order chi connectivity index (χ0) is 49.9. The molecule has 0 aliphatic carbocycles. The van der Waals surface area contributed by atoms with E-state index in [2.05, 4.69) is 79.9 Å². The summed E-state index contributed by atoms with van der Waals surface area (Å²) in [5, 5.41) is 13.9. The average Bonchev–Trinajstić information content (AvgIpc) is 3.30. The molecule has 3 unspecified atom stereocenters. The number of aliphatic hydroxyl groups excluding tert-OH is 1. The molecular weight excluding hydrogens is 864 g/mol. The van der Waals surface area contributed by atoms with E-state index in [0.717, 1.165) is 70.6 Å². The van der Waals surface area contributed by atoms with Gasteiger partial charge in [-0.2, -0.15) is 0 Å². The van der Waals surface area contributed by atoms with Crippen molar-refractivity contribution in [2.24, 2.45) is 0 Å². The summed E-state index contributed by atoms with van der Waals surface area (Å²) in [4.78, 5) is 25.5. The molecule has 0 heterocycles. The molecule has 0 radical (unpaired) electrons. The Morgan fingerprint density at radius 3 is 1.29 bits per heavy atom. The molecular formula is C59H109N2O6P. The number of aliphatic hydroxyl groups is 1. The second kappa shape index (κ2) is 49.9. The fourth-order valence-corrected chi connectivity index (χ4v) is 8.62. The Hall–Kier alpha value is -2.06. The lowest BCUT2D eigenvalue weighted by molar-refractivity contribution is -0.870. The zero-order valence-electron chi connectivity index (χ0n) is 45.0. The van der Waals surface area contributed by atoms with E-state index < -0.39 is 26.6 Å². The van der Waals surface area contributed by atoms with Crippen molar-refractivity contribution in [2.75, 3.05) is 40.9 Å². The first-order valence-electron chi connectivity index (χ1n) is 28.3. The number of allylic oxidation sites excluding steroid dienone is 11. The molecule has 0 saturated heterocycles. The number of hydrogen-bond donors (Lipinski definition) is 2. The molecule has 3 atom stereocenters. The molecule has 0 aromatic heterocycles. The number of rotatable bonds is 51. The van der Waals surface area contributed by atoms with Crippen molar-refractivity contribution in [3.05, 3.63) is 72.9 Å². The minimum atomic E-state index is -4.61. The van der Waals surface area contributed by atoms with Gasteiger partial charge in [0, 0.05) is 6.42 Å². The van der Waals surface area contributed by atoms with E-state index in [1.165, 1.54) is 154 Å². The third kappa shape index (κ3) is 51.8. The summed E-state index contributed by atoms with van der Waals surface area (Å²) in [6, 6.07) is -0.918. The van der Waals surface area contributed by atoms with Gasteiger partial charge in [-0.05, 0) is 83.5 Å². The number of hydrogen-bond acceptors (Lipinski definition) is 6. The number of quaternary nitrogens is 1. The van der Waals surface area contributed by atoms with Gasteiger partial charge >= 0.3 is 0 Å². The molecule has 1 amide bonds. The lowest BCUT2D eigenvalue weighted by Gasteiger charge is -2.29. The smallest absolute Gasteiger partial charge is 0.268 e. The molecule has 2 N–H and O–H groups in total. The van der Waals surface area contributed by atoms with E-state index >= 15 is 0 Å². The van der Waals surface area contributed by atoms with Crippen LogP contribution in [0.3, 0.4) is 0 Å². The lowest BCUT2D eigenvalue weighted by atomic mass is 10.0. The van der Waals surface area contributed by atoms with Gasteiger partial charge in [0.05, 0.1) is 39.9 Å². The van der Waals surface area contributed by atoms with Crippen molar-refractivity contribution < 1.29 is 32.9 Å². The largest absolute Gasteiger partial charge is 0.756 e. The minimum Gasteiger partial charge on any atom is -0.756 e. The highest BCUT2D eigenvalue weighted by Gasteiger charge is 2.23. The molecule has 0 spiro atoms. The van der Waals surface area contributed by atoms with Crippen LogP contribution >= 0.6 is 7.82 Å². The lowest BCUT2D eigenvalue weighted by Crippen LogP contribution is -2.45. The maximum absolute atomic E-state index is 13.0. The molecule has 0 bridgehead atoms. The molecule has 0 aromatic carbocycles. The normalized spacial score (nSPS) is 14.5. The Balaban J connectivity index is 4.35. The molecule has 0 saturated carbocycles. The van der Waals surface area contributed by atoms with Crippen LogP contribution in [0.4, 0.5) is 0 Å². The predicted molar refractivity (Wildman–Crippen MR) is 293 cm³/mol. The number of nitrogens with one attached hydrogen (secondary N) is 1. The van der Waals surface area contributed by atoms with Crippen molar-refractivity contribution in [1.29, 1.82) is 0 Å². The standard InChI is InChI=1S/C59H109N2O6P/c1-6-8-10-12-14-16-18-20-22-24-26-28-30-32-34-36-38-40-42-44-46-48-50-52-58(62)57(56-67-68(64,65)66-55-54-61(3,4)5)60-59(63)53-51-49-47-45-43-41-39-37-35-33-31-29-27-25-23-21-19-17-15-13-11-9-7-2/h19,21,25,27,31,33-34,36,42,44,50,52,57-58,62H,6-18,20,22-24,26,28-30,32,35,37-41,43,45-49,51,53-56H2,1-5H3,(H-,60,63,64,65)/b21-19-,27-25-,33-31-,36-34+,44-42+,52-50+. The van der Waals surface area contributed by atoms with Gasteiger partial charge in [0.25, 0.3) is 7.82 Å². The summed E-state index contributed by atoms with van der Waals surface area (Å²) in [6.45, 7) is 4.61. The van der Waals surface area contributed by atoms with Crippen molar-refractivity contribution in [3.63, 3.8) is 0 Å². The third-order valence-corrected chi connectivity index (χ3v) is 13.3. The molecule has 68 heavy (non-hydrogen) atoms. The second-order valence-electron chi connectivity index (χ2n) is 20.3. The van der Waals surface area contributed by atoms with Crippen LogP contribution in [0.1, 0.15) is 245 Å². The molecule has 0 rings (SSSR count). The molecule has 0 aliphatic heterocycles. The molecule has 396 valence electrons. The number of carbonyl (C=O) groups is 1. The fourth-order valence-electron chi connectivity index (χ4n) is 7.90. The number of amides is 1. The van der Waals surface area contributed by atoms with Gasteiger partial charge in [-0.1, -0.05) is 228 Å². The predicted octanol–water partition coefficient (Wildman–Crippen LogP) is 16.5. The Kier molecular flexibility index (Phi) is 48.4. The number of phosphoric acid groups is 1. The minimum absolute atomic E-state index is 0.0135. The van der Waals surface area contributed by atoms with Crippen molar-refractivity contribution in [1.82, 2.24) is 5.32 Å². The van der Waals surface area contributed by atoms with E-state index in [9.17, 15) is 19.4 Å². The number of carbonyl (C=O) groups excluding carboxylic acids is 1. The van der Waals surface area contributed by atoms with E-state index in [1.807, 2.05) is 27.2 Å². The number of unbranched alkanes of at least 4 members (excludes halogenated alkanes) is 28. The molecule has 8 nitrogen and oxygen atoms in total. The summed E-state index contributed by atoms with van der Waals surface area (Å²) in [7, 11) is 1.22. The molecule has 9 heteroatoms. The van der Waals surface area contributed by atoms with Crippen molar-refractivity contribution in [2.45, 2.75) is 257 Å². The first kappa shape index (κ1) is 65.9. The average molecular weight is 974 g/mol. The van der Waals surface area contributed by atoms with Crippen LogP contribution in [0.2, 0.25) is 0 Å². The van der Waals surface area contributed by atoms with Gasteiger partial charge in [-0.15, -0.1) is 0 Å². The fraction of sp³-hybridized carbons (Fsp3) is 0.780. The monoisotopic (exact) mass is 973 g/mol. The van der Waals surface area contributed by atoms with Crippen LogP contribution in [0.15, 0.2) is 72.9 Å². The molecule has 0 aromatic rings. The SMILES string of the molecule is CCCCCCC/C=C\C/C=C\C/C=C\CCCCCCCCCCC(=O)NC(COP(=O)([O-])OCC[N+](C)(C)C)C(O)/C=C/CC/C=C/CC/C=C/CCCCCCCCCCCCCCC. The van der Waals surface area contributed by atoms with E-state index in [0.29, 0.717) is 17.4 Å².